The van der Waals surface area contributed by atoms with Gasteiger partial charge in [0.25, 0.3) is 0 Å². The van der Waals surface area contributed by atoms with E-state index in [1.165, 1.54) is 77.0 Å². The van der Waals surface area contributed by atoms with Crippen LogP contribution in [0.4, 0.5) is 0 Å². The summed E-state index contributed by atoms with van der Waals surface area (Å²) in [4.78, 5) is 26.9. The lowest BCUT2D eigenvalue weighted by molar-refractivity contribution is -0.159. The van der Waals surface area contributed by atoms with Gasteiger partial charge in [0.1, 0.15) is 12.7 Å². The quantitative estimate of drug-likeness (QED) is 0.0391. The summed E-state index contributed by atoms with van der Waals surface area (Å²) < 4.78 is 11.2. The van der Waals surface area contributed by atoms with Crippen LogP contribution in [0.15, 0.2) is 48.6 Å². The van der Waals surface area contributed by atoms with Crippen LogP contribution in [0.2, 0.25) is 0 Å². The lowest BCUT2D eigenvalue weighted by Gasteiger charge is -2.20. The molecule has 0 saturated carbocycles. The number of allylic oxidation sites excluding steroid dienone is 8. The molecule has 0 rings (SSSR count). The molecule has 0 aromatic heterocycles. The molecule has 0 aromatic carbocycles. The van der Waals surface area contributed by atoms with Gasteiger partial charge in [-0.1, -0.05) is 114 Å². The van der Waals surface area contributed by atoms with E-state index in [1.54, 1.807) is 0 Å². The monoisotopic (exact) mass is 658 g/mol. The lowest BCUT2D eigenvalue weighted by atomic mass is 10.1. The van der Waals surface area contributed by atoms with Gasteiger partial charge in [0.05, 0.1) is 0 Å². The predicted molar refractivity (Wildman–Crippen MR) is 203 cm³/mol. The van der Waals surface area contributed by atoms with E-state index in [2.05, 4.69) is 67.4 Å². The molecule has 0 bridgehead atoms. The molecule has 0 spiro atoms. The zero-order chi connectivity index (χ0) is 34.5. The number of ether oxygens (including phenoxy) is 2. The highest BCUT2D eigenvalue weighted by Crippen LogP contribution is 2.11. The van der Waals surface area contributed by atoms with E-state index in [1.807, 2.05) is 14.1 Å². The minimum Gasteiger partial charge on any atom is -0.462 e. The van der Waals surface area contributed by atoms with Crippen molar-refractivity contribution in [2.24, 2.45) is 0 Å². The minimum absolute atomic E-state index is 0.139. The maximum Gasteiger partial charge on any atom is 0.306 e. The first-order chi connectivity index (χ1) is 23.0. The largest absolute Gasteiger partial charge is 0.462 e. The molecule has 5 nitrogen and oxygen atoms in total. The second-order valence-electron chi connectivity index (χ2n) is 13.3. The number of hydrogen-bond acceptors (Lipinski definition) is 5. The van der Waals surface area contributed by atoms with Gasteiger partial charge in [-0.25, -0.2) is 0 Å². The number of unbranched alkanes of at least 4 members (excludes halogenated alkanes) is 16. The van der Waals surface area contributed by atoms with Gasteiger partial charge < -0.3 is 14.4 Å². The van der Waals surface area contributed by atoms with Gasteiger partial charge in [-0.2, -0.15) is 0 Å². The van der Waals surface area contributed by atoms with Crippen LogP contribution in [-0.2, 0) is 19.1 Å². The minimum atomic E-state index is -0.392. The number of rotatable bonds is 34. The van der Waals surface area contributed by atoms with Gasteiger partial charge in [-0.05, 0) is 104 Å². The van der Waals surface area contributed by atoms with Crippen molar-refractivity contribution in [3.8, 4) is 0 Å². The molecular formula is C42H75NO4. The maximum atomic E-state index is 12.5. The first kappa shape index (κ1) is 44.9. The van der Waals surface area contributed by atoms with Crippen molar-refractivity contribution < 1.29 is 19.1 Å². The van der Waals surface area contributed by atoms with Gasteiger partial charge in [0.2, 0.25) is 0 Å². The summed E-state index contributed by atoms with van der Waals surface area (Å²) in [5.74, 6) is -0.400. The van der Waals surface area contributed by atoms with Crippen LogP contribution in [0.3, 0.4) is 0 Å². The second kappa shape index (κ2) is 36.7. The third-order valence-electron chi connectivity index (χ3n) is 8.25. The highest BCUT2D eigenvalue weighted by atomic mass is 16.6. The highest BCUT2D eigenvalue weighted by molar-refractivity contribution is 5.70. The van der Waals surface area contributed by atoms with Crippen LogP contribution in [0.1, 0.15) is 174 Å². The molecule has 0 aliphatic rings. The van der Waals surface area contributed by atoms with Crippen molar-refractivity contribution in [3.05, 3.63) is 48.6 Å². The van der Waals surface area contributed by atoms with E-state index < -0.39 is 6.10 Å². The van der Waals surface area contributed by atoms with Crippen LogP contribution in [0, 0.1) is 0 Å². The Morgan fingerprint density at radius 3 is 1.32 bits per heavy atom. The predicted octanol–water partition coefficient (Wildman–Crippen LogP) is 12.0. The second-order valence-corrected chi connectivity index (χ2v) is 13.3. The summed E-state index contributed by atoms with van der Waals surface area (Å²) in [6, 6.07) is 0. The molecular weight excluding hydrogens is 582 g/mol. The Morgan fingerprint density at radius 2 is 0.894 bits per heavy atom. The standard InChI is InChI=1S/C42H75NO4/c1-5-7-9-11-13-15-17-19-21-23-25-27-29-31-33-35-41(44)46-39-40(37-38-43(3)4)47-42(45)36-34-32-30-28-26-24-22-20-18-16-14-12-10-8-6-2/h17-20,25-28,40H,5-16,21-24,29-39H2,1-4H3/b19-17-,20-18-,27-25-,28-26-/t40-/m0/s1. The van der Waals surface area contributed by atoms with Crippen molar-refractivity contribution in [1.29, 1.82) is 0 Å². The lowest BCUT2D eigenvalue weighted by Crippen LogP contribution is -2.29. The summed E-state index contributed by atoms with van der Waals surface area (Å²) in [5.41, 5.74) is 0. The number of carbonyl (C=O) groups excluding carboxylic acids is 2. The zero-order valence-electron chi connectivity index (χ0n) is 31.4. The summed E-state index contributed by atoms with van der Waals surface area (Å²) in [5, 5.41) is 0. The van der Waals surface area contributed by atoms with Crippen molar-refractivity contribution >= 4 is 11.9 Å². The normalized spacial score (nSPS) is 12.8. The van der Waals surface area contributed by atoms with Crippen LogP contribution in [0.5, 0.6) is 0 Å². The molecule has 0 N–H and O–H groups in total. The first-order valence-electron chi connectivity index (χ1n) is 19.6. The molecule has 0 aromatic rings. The van der Waals surface area contributed by atoms with Gasteiger partial charge >= 0.3 is 11.9 Å². The Labute approximate surface area is 291 Å². The maximum absolute atomic E-state index is 12.5. The molecule has 47 heavy (non-hydrogen) atoms. The number of hydrogen-bond donors (Lipinski definition) is 0. The smallest absolute Gasteiger partial charge is 0.306 e. The topological polar surface area (TPSA) is 55.8 Å². The molecule has 0 radical (unpaired) electrons. The molecule has 0 unspecified atom stereocenters. The van der Waals surface area contributed by atoms with E-state index in [-0.39, 0.29) is 18.5 Å². The van der Waals surface area contributed by atoms with Crippen molar-refractivity contribution in [2.75, 3.05) is 27.2 Å². The van der Waals surface area contributed by atoms with Crippen molar-refractivity contribution in [1.82, 2.24) is 4.90 Å². The SMILES string of the molecule is CCCCCCC/C=C\CC/C=C\CCCCC(=O)OC[C@H](CCN(C)C)OC(=O)CCCC/C=C\CC/C=C\CCCCCCC. The van der Waals surface area contributed by atoms with E-state index in [0.717, 1.165) is 70.8 Å². The number of carbonyl (C=O) groups is 2. The first-order valence-corrected chi connectivity index (χ1v) is 19.6. The average molecular weight is 658 g/mol. The fourth-order valence-electron chi connectivity index (χ4n) is 5.20. The summed E-state index contributed by atoms with van der Waals surface area (Å²) in [6.07, 6.45) is 45.1. The molecule has 0 aliphatic heterocycles. The van der Waals surface area contributed by atoms with E-state index in [4.69, 9.17) is 9.47 Å². The molecule has 0 fully saturated rings. The Balaban J connectivity index is 3.97. The van der Waals surface area contributed by atoms with Crippen molar-refractivity contribution in [3.63, 3.8) is 0 Å². The molecule has 0 amide bonds. The fraction of sp³-hybridized carbons (Fsp3) is 0.762. The van der Waals surface area contributed by atoms with E-state index in [0.29, 0.717) is 19.3 Å². The molecule has 5 heteroatoms. The molecule has 272 valence electrons. The third-order valence-corrected chi connectivity index (χ3v) is 8.25. The number of nitrogens with zero attached hydrogens (tertiary/aromatic N) is 1. The summed E-state index contributed by atoms with van der Waals surface area (Å²) >= 11 is 0. The van der Waals surface area contributed by atoms with Gasteiger partial charge in [-0.15, -0.1) is 0 Å². The molecule has 0 heterocycles. The van der Waals surface area contributed by atoms with Gasteiger partial charge in [-0.3, -0.25) is 9.59 Å². The Morgan fingerprint density at radius 1 is 0.511 bits per heavy atom. The Bertz CT molecular complexity index is 813. The van der Waals surface area contributed by atoms with E-state index >= 15 is 0 Å². The Kier molecular flexibility index (Phi) is 35.0. The zero-order valence-corrected chi connectivity index (χ0v) is 31.4. The van der Waals surface area contributed by atoms with Gasteiger partial charge in [0, 0.05) is 25.8 Å². The average Bonchev–Trinajstić information content (AvgIpc) is 3.05. The molecule has 0 saturated heterocycles. The third kappa shape index (κ3) is 36.5. The molecule has 1 atom stereocenters. The number of esters is 2. The fourth-order valence-corrected chi connectivity index (χ4v) is 5.20. The van der Waals surface area contributed by atoms with Crippen LogP contribution < -0.4 is 0 Å². The van der Waals surface area contributed by atoms with Crippen LogP contribution in [0.25, 0.3) is 0 Å². The highest BCUT2D eigenvalue weighted by Gasteiger charge is 2.17. The molecule has 0 aliphatic carbocycles. The van der Waals surface area contributed by atoms with Crippen molar-refractivity contribution in [2.45, 2.75) is 180 Å². The Hall–Kier alpha value is -2.14. The van der Waals surface area contributed by atoms with Crippen LogP contribution >= 0.6 is 0 Å². The summed E-state index contributed by atoms with van der Waals surface area (Å²) in [6.45, 7) is 5.43. The van der Waals surface area contributed by atoms with Gasteiger partial charge in [0.15, 0.2) is 0 Å². The van der Waals surface area contributed by atoms with E-state index in [9.17, 15) is 9.59 Å². The van der Waals surface area contributed by atoms with Crippen LogP contribution in [-0.4, -0.2) is 50.2 Å². The summed E-state index contributed by atoms with van der Waals surface area (Å²) in [7, 11) is 3.98.